The van der Waals surface area contributed by atoms with E-state index in [2.05, 4.69) is 0 Å². The van der Waals surface area contributed by atoms with Crippen molar-refractivity contribution in [2.24, 2.45) is 5.41 Å². The van der Waals surface area contributed by atoms with Crippen molar-refractivity contribution in [2.45, 2.75) is 27.1 Å². The predicted molar refractivity (Wildman–Crippen MR) is 24.6 cm³/mol. The van der Waals surface area contributed by atoms with Crippen molar-refractivity contribution in [3.05, 3.63) is 0 Å². The first-order chi connectivity index (χ1) is 2.94. The Morgan fingerprint density at radius 2 is 1.29 bits per heavy atom. The van der Waals surface area contributed by atoms with Crippen molar-refractivity contribution in [1.29, 1.82) is 0 Å². The van der Waals surface area contributed by atoms with Gasteiger partial charge in [0.1, 0.15) is 0 Å². The zero-order chi connectivity index (χ0) is 6.08. The summed E-state index contributed by atoms with van der Waals surface area (Å²) < 4.78 is 0. The van der Waals surface area contributed by atoms with Crippen LogP contribution >= 0.6 is 0 Å². The molecule has 2 radical (unpaired) electrons. The van der Waals surface area contributed by atoms with Crippen molar-refractivity contribution in [3.63, 3.8) is 0 Å². The third-order valence-corrected chi connectivity index (χ3v) is 0.707. The third kappa shape index (κ3) is 2.60. The minimum atomic E-state index is -1.70. The van der Waals surface area contributed by atoms with Crippen LogP contribution in [0.25, 0.3) is 0 Å². The van der Waals surface area contributed by atoms with Gasteiger partial charge in [-0.25, -0.2) is 0 Å². The molecule has 0 fully saturated rings. The Bertz CT molecular complexity index is 51.6. The minimum Gasteiger partial charge on any atom is -0.198 e. The molecule has 0 spiro atoms. The molecule has 42 valence electrons. The van der Waals surface area contributed by atoms with Crippen LogP contribution in [0.2, 0.25) is 0 Å². The standard InChI is InChI=1S/C5H10O2/c1-5(2,3)4(6)7/h4H,1-3H3. The Hall–Kier alpha value is -0.0800. The Morgan fingerprint density at radius 3 is 1.29 bits per heavy atom. The number of hydrogen-bond acceptors (Lipinski definition) is 0. The molecule has 0 saturated carbocycles. The molecule has 0 saturated heterocycles. The molecule has 0 unspecified atom stereocenters. The summed E-state index contributed by atoms with van der Waals surface area (Å²) in [5, 5.41) is 20.0. The van der Waals surface area contributed by atoms with Gasteiger partial charge in [-0.3, -0.25) is 0 Å². The molecule has 0 aliphatic carbocycles. The maximum Gasteiger partial charge on any atom is 0.229 e. The van der Waals surface area contributed by atoms with Gasteiger partial charge in [-0.05, 0) is 0 Å². The average Bonchev–Trinajstić information content (AvgIpc) is 1.31. The Labute approximate surface area is 43.8 Å². The molecule has 7 heavy (non-hydrogen) atoms. The molecule has 0 bridgehead atoms. The zero-order valence-electron chi connectivity index (χ0n) is 4.89. The van der Waals surface area contributed by atoms with Crippen LogP contribution in [0.5, 0.6) is 0 Å². The summed E-state index contributed by atoms with van der Waals surface area (Å²) in [6, 6.07) is 0. The summed E-state index contributed by atoms with van der Waals surface area (Å²) in [5.74, 6) is 0. The molecule has 0 N–H and O–H groups in total. The maximum atomic E-state index is 9.99. The van der Waals surface area contributed by atoms with Crippen LogP contribution in [0.3, 0.4) is 0 Å². The number of rotatable bonds is 0. The van der Waals surface area contributed by atoms with Gasteiger partial charge in [0.25, 0.3) is 0 Å². The van der Waals surface area contributed by atoms with E-state index in [9.17, 15) is 10.2 Å². The first-order valence-electron chi connectivity index (χ1n) is 2.26. The molecule has 0 aromatic rings. The van der Waals surface area contributed by atoms with Crippen LogP contribution < -0.4 is 0 Å². The molecular formula is C5H10O2. The molecular weight excluding hydrogens is 92.1 g/mol. The highest BCUT2D eigenvalue weighted by molar-refractivity contribution is 4.60. The smallest absolute Gasteiger partial charge is 0.198 e. The molecule has 2 nitrogen and oxygen atoms in total. The second-order valence-corrected chi connectivity index (χ2v) is 2.70. The Morgan fingerprint density at radius 1 is 1.14 bits per heavy atom. The number of hydrogen-bond donors (Lipinski definition) is 0. The molecule has 0 aliphatic heterocycles. The highest BCUT2D eigenvalue weighted by atomic mass is 16.5. The lowest BCUT2D eigenvalue weighted by molar-refractivity contribution is -0.195. The molecule has 0 amide bonds. The van der Waals surface area contributed by atoms with Crippen molar-refractivity contribution >= 4 is 0 Å². The topological polar surface area (TPSA) is 39.8 Å². The van der Waals surface area contributed by atoms with E-state index < -0.39 is 11.7 Å². The summed E-state index contributed by atoms with van der Waals surface area (Å²) in [5.41, 5.74) is -0.611. The van der Waals surface area contributed by atoms with Crippen molar-refractivity contribution < 1.29 is 10.2 Å². The fourth-order valence-corrected chi connectivity index (χ4v) is 0. The fourth-order valence-electron chi connectivity index (χ4n) is 0. The monoisotopic (exact) mass is 102 g/mol. The van der Waals surface area contributed by atoms with Crippen molar-refractivity contribution in [2.75, 3.05) is 0 Å². The summed E-state index contributed by atoms with van der Waals surface area (Å²) in [7, 11) is 0. The second kappa shape index (κ2) is 1.80. The predicted octanol–water partition coefficient (Wildman–Crippen LogP) is 1.22. The van der Waals surface area contributed by atoms with Gasteiger partial charge >= 0.3 is 0 Å². The van der Waals surface area contributed by atoms with Crippen LogP contribution in [0.4, 0.5) is 0 Å². The SMILES string of the molecule is CC(C)(C)C([O])[O]. The van der Waals surface area contributed by atoms with Gasteiger partial charge in [-0.2, -0.15) is 10.2 Å². The van der Waals surface area contributed by atoms with Crippen LogP contribution in [0.1, 0.15) is 20.8 Å². The van der Waals surface area contributed by atoms with E-state index in [0.717, 1.165) is 0 Å². The zero-order valence-corrected chi connectivity index (χ0v) is 4.89. The van der Waals surface area contributed by atoms with Gasteiger partial charge < -0.3 is 0 Å². The third-order valence-electron chi connectivity index (χ3n) is 0.707. The first-order valence-corrected chi connectivity index (χ1v) is 2.26. The molecule has 0 heterocycles. The van der Waals surface area contributed by atoms with Crippen LogP contribution in [-0.4, -0.2) is 6.29 Å². The summed E-state index contributed by atoms with van der Waals surface area (Å²) >= 11 is 0. The lowest BCUT2D eigenvalue weighted by Gasteiger charge is -2.15. The summed E-state index contributed by atoms with van der Waals surface area (Å²) in [6.07, 6.45) is -1.70. The summed E-state index contributed by atoms with van der Waals surface area (Å²) in [4.78, 5) is 0. The van der Waals surface area contributed by atoms with E-state index in [-0.39, 0.29) is 0 Å². The molecule has 0 aromatic heterocycles. The van der Waals surface area contributed by atoms with Crippen molar-refractivity contribution in [3.8, 4) is 0 Å². The van der Waals surface area contributed by atoms with Gasteiger partial charge in [0.15, 0.2) is 0 Å². The van der Waals surface area contributed by atoms with Crippen molar-refractivity contribution in [1.82, 2.24) is 0 Å². The van der Waals surface area contributed by atoms with Gasteiger partial charge in [-0.15, -0.1) is 0 Å². The fraction of sp³-hybridized carbons (Fsp3) is 1.00. The van der Waals surface area contributed by atoms with Crippen LogP contribution in [0.15, 0.2) is 0 Å². The largest absolute Gasteiger partial charge is 0.229 e. The van der Waals surface area contributed by atoms with E-state index in [1.54, 1.807) is 20.8 Å². The van der Waals surface area contributed by atoms with Crippen LogP contribution in [0, 0.1) is 5.41 Å². The van der Waals surface area contributed by atoms with Gasteiger partial charge in [0.2, 0.25) is 6.29 Å². The average molecular weight is 102 g/mol. The molecule has 0 aliphatic rings. The minimum absolute atomic E-state index is 0.611. The van der Waals surface area contributed by atoms with E-state index in [0.29, 0.717) is 0 Å². The molecule has 0 atom stereocenters. The van der Waals surface area contributed by atoms with E-state index in [4.69, 9.17) is 0 Å². The van der Waals surface area contributed by atoms with Gasteiger partial charge in [0, 0.05) is 5.41 Å². The van der Waals surface area contributed by atoms with Crippen LogP contribution in [-0.2, 0) is 10.2 Å². The first kappa shape index (κ1) is 6.92. The van der Waals surface area contributed by atoms with E-state index in [1.165, 1.54) is 0 Å². The summed E-state index contributed by atoms with van der Waals surface area (Å²) in [6.45, 7) is 4.91. The Balaban J connectivity index is 3.54. The molecule has 0 rings (SSSR count). The normalized spacial score (nSPS) is 12.9. The quantitative estimate of drug-likeness (QED) is 0.412. The van der Waals surface area contributed by atoms with E-state index >= 15 is 0 Å². The molecule has 0 aromatic carbocycles. The highest BCUT2D eigenvalue weighted by Gasteiger charge is 2.21. The van der Waals surface area contributed by atoms with Gasteiger partial charge in [-0.1, -0.05) is 20.8 Å². The Kier molecular flexibility index (Phi) is 1.78. The van der Waals surface area contributed by atoms with Gasteiger partial charge in [0.05, 0.1) is 0 Å². The lowest BCUT2D eigenvalue weighted by atomic mass is 9.96. The lowest BCUT2D eigenvalue weighted by Crippen LogP contribution is -2.22. The highest BCUT2D eigenvalue weighted by Crippen LogP contribution is 2.16. The second-order valence-electron chi connectivity index (χ2n) is 2.70. The van der Waals surface area contributed by atoms with E-state index in [1.807, 2.05) is 0 Å². The molecule has 2 heteroatoms. The maximum absolute atomic E-state index is 9.99.